The first-order valence-corrected chi connectivity index (χ1v) is 7.91. The van der Waals surface area contributed by atoms with Crippen LogP contribution in [0.5, 0.6) is 11.5 Å². The molecule has 0 aromatic heterocycles. The van der Waals surface area contributed by atoms with E-state index in [1.807, 2.05) is 24.3 Å². The minimum absolute atomic E-state index is 0.0830. The second-order valence-electron chi connectivity index (χ2n) is 5.81. The Labute approximate surface area is 132 Å². The molecular weight excluding hydrogens is 274 g/mol. The molecule has 0 fully saturated rings. The average molecular weight is 297 g/mol. The number of para-hydroxylation sites is 2. The standard InChI is InChI=1S/C19H23NO2/c1-3-20(12-16-8-6-7-15(2)11-16)13-17-14-21-18-9-4-5-10-19(18)22-17/h4-11,17H,3,12-14H2,1-2H3. The number of hydrogen-bond acceptors (Lipinski definition) is 3. The first-order chi connectivity index (χ1) is 10.7. The van der Waals surface area contributed by atoms with Crippen LogP contribution in [0.25, 0.3) is 0 Å². The van der Waals surface area contributed by atoms with Crippen molar-refractivity contribution in [2.45, 2.75) is 26.5 Å². The molecule has 0 spiro atoms. The maximum atomic E-state index is 6.06. The average Bonchev–Trinajstić information content (AvgIpc) is 2.54. The van der Waals surface area contributed by atoms with Gasteiger partial charge in [0.05, 0.1) is 0 Å². The van der Waals surface area contributed by atoms with E-state index >= 15 is 0 Å². The van der Waals surface area contributed by atoms with Crippen LogP contribution in [0.4, 0.5) is 0 Å². The molecule has 2 aromatic carbocycles. The van der Waals surface area contributed by atoms with Gasteiger partial charge in [-0.3, -0.25) is 4.90 Å². The monoisotopic (exact) mass is 297 g/mol. The van der Waals surface area contributed by atoms with E-state index in [1.165, 1.54) is 11.1 Å². The van der Waals surface area contributed by atoms with Gasteiger partial charge in [-0.2, -0.15) is 0 Å². The van der Waals surface area contributed by atoms with E-state index in [2.05, 4.69) is 43.0 Å². The van der Waals surface area contributed by atoms with E-state index in [-0.39, 0.29) is 6.10 Å². The van der Waals surface area contributed by atoms with Gasteiger partial charge in [-0.1, -0.05) is 48.9 Å². The normalized spacial score (nSPS) is 16.8. The number of nitrogens with zero attached hydrogens (tertiary/aromatic N) is 1. The Hall–Kier alpha value is -2.00. The van der Waals surface area contributed by atoms with Crippen molar-refractivity contribution in [1.29, 1.82) is 0 Å². The lowest BCUT2D eigenvalue weighted by atomic mass is 10.1. The van der Waals surface area contributed by atoms with Crippen molar-refractivity contribution < 1.29 is 9.47 Å². The van der Waals surface area contributed by atoms with Crippen LogP contribution >= 0.6 is 0 Å². The van der Waals surface area contributed by atoms with E-state index in [0.717, 1.165) is 31.1 Å². The highest BCUT2D eigenvalue weighted by molar-refractivity contribution is 5.40. The molecule has 0 radical (unpaired) electrons. The molecule has 22 heavy (non-hydrogen) atoms. The first kappa shape index (κ1) is 14.9. The molecule has 0 aliphatic carbocycles. The molecule has 0 saturated carbocycles. The van der Waals surface area contributed by atoms with E-state index in [9.17, 15) is 0 Å². The molecular formula is C19H23NO2. The highest BCUT2D eigenvalue weighted by Crippen LogP contribution is 2.31. The van der Waals surface area contributed by atoms with E-state index < -0.39 is 0 Å². The lowest BCUT2D eigenvalue weighted by Crippen LogP contribution is -2.40. The molecule has 1 aliphatic rings. The van der Waals surface area contributed by atoms with Crippen LogP contribution in [-0.2, 0) is 6.54 Å². The fraction of sp³-hybridized carbons (Fsp3) is 0.368. The highest BCUT2D eigenvalue weighted by atomic mass is 16.6. The van der Waals surface area contributed by atoms with Gasteiger partial charge in [0.2, 0.25) is 0 Å². The summed E-state index contributed by atoms with van der Waals surface area (Å²) in [6.07, 6.45) is 0.0830. The largest absolute Gasteiger partial charge is 0.486 e. The molecule has 0 amide bonds. The minimum Gasteiger partial charge on any atom is -0.486 e. The van der Waals surface area contributed by atoms with E-state index in [0.29, 0.717) is 6.61 Å². The SMILES string of the molecule is CCN(Cc1cccc(C)c1)CC1COc2ccccc2O1. The zero-order chi connectivity index (χ0) is 15.4. The van der Waals surface area contributed by atoms with Crippen LogP contribution in [0.1, 0.15) is 18.1 Å². The summed E-state index contributed by atoms with van der Waals surface area (Å²) in [5.74, 6) is 1.70. The molecule has 1 unspecified atom stereocenters. The van der Waals surface area contributed by atoms with Crippen molar-refractivity contribution >= 4 is 0 Å². The number of benzene rings is 2. The van der Waals surface area contributed by atoms with Crippen molar-refractivity contribution in [2.24, 2.45) is 0 Å². The summed E-state index contributed by atoms with van der Waals surface area (Å²) in [5, 5.41) is 0. The third kappa shape index (κ3) is 3.60. The summed E-state index contributed by atoms with van der Waals surface area (Å²) in [4.78, 5) is 2.40. The first-order valence-electron chi connectivity index (χ1n) is 7.91. The molecule has 1 aliphatic heterocycles. The Morgan fingerprint density at radius 2 is 1.91 bits per heavy atom. The van der Waals surface area contributed by atoms with Gasteiger partial charge in [0, 0.05) is 13.1 Å². The molecule has 3 rings (SSSR count). The fourth-order valence-corrected chi connectivity index (χ4v) is 2.82. The summed E-state index contributed by atoms with van der Waals surface area (Å²) in [5.41, 5.74) is 2.65. The summed E-state index contributed by atoms with van der Waals surface area (Å²) >= 11 is 0. The van der Waals surface area contributed by atoms with Gasteiger partial charge in [0.15, 0.2) is 11.5 Å². The molecule has 1 atom stereocenters. The molecule has 3 nitrogen and oxygen atoms in total. The van der Waals surface area contributed by atoms with Gasteiger partial charge in [-0.15, -0.1) is 0 Å². The molecule has 0 bridgehead atoms. The van der Waals surface area contributed by atoms with Gasteiger partial charge >= 0.3 is 0 Å². The zero-order valence-electron chi connectivity index (χ0n) is 13.3. The van der Waals surface area contributed by atoms with Crippen LogP contribution in [0, 0.1) is 6.92 Å². The van der Waals surface area contributed by atoms with Crippen LogP contribution in [0.2, 0.25) is 0 Å². The molecule has 116 valence electrons. The maximum Gasteiger partial charge on any atom is 0.161 e. The molecule has 2 aromatic rings. The van der Waals surface area contributed by atoms with E-state index in [1.54, 1.807) is 0 Å². The quantitative estimate of drug-likeness (QED) is 0.840. The summed E-state index contributed by atoms with van der Waals surface area (Å²) in [6, 6.07) is 16.6. The Balaban J connectivity index is 1.62. The minimum atomic E-state index is 0.0830. The van der Waals surface area contributed by atoms with Crippen molar-refractivity contribution in [3.63, 3.8) is 0 Å². The van der Waals surface area contributed by atoms with Gasteiger partial charge in [0.25, 0.3) is 0 Å². The molecule has 0 saturated heterocycles. The number of likely N-dealkylation sites (N-methyl/N-ethyl adjacent to an activating group) is 1. The molecule has 1 heterocycles. The predicted octanol–water partition coefficient (Wildman–Crippen LogP) is 3.66. The maximum absolute atomic E-state index is 6.06. The lowest BCUT2D eigenvalue weighted by Gasteiger charge is -2.31. The van der Waals surface area contributed by atoms with Crippen molar-refractivity contribution in [1.82, 2.24) is 4.90 Å². The Morgan fingerprint density at radius 1 is 1.09 bits per heavy atom. The Morgan fingerprint density at radius 3 is 2.68 bits per heavy atom. The number of hydrogen-bond donors (Lipinski definition) is 0. The van der Waals surface area contributed by atoms with Crippen molar-refractivity contribution in [3.8, 4) is 11.5 Å². The second-order valence-corrected chi connectivity index (χ2v) is 5.81. The van der Waals surface area contributed by atoms with Crippen LogP contribution in [-0.4, -0.2) is 30.7 Å². The smallest absolute Gasteiger partial charge is 0.161 e. The predicted molar refractivity (Wildman–Crippen MR) is 88.5 cm³/mol. The van der Waals surface area contributed by atoms with Crippen LogP contribution in [0.15, 0.2) is 48.5 Å². The second kappa shape index (κ2) is 6.84. The number of ether oxygens (including phenoxy) is 2. The topological polar surface area (TPSA) is 21.7 Å². The van der Waals surface area contributed by atoms with Gasteiger partial charge < -0.3 is 9.47 Å². The van der Waals surface area contributed by atoms with Crippen LogP contribution < -0.4 is 9.47 Å². The van der Waals surface area contributed by atoms with Crippen molar-refractivity contribution in [2.75, 3.05) is 19.7 Å². The van der Waals surface area contributed by atoms with E-state index in [4.69, 9.17) is 9.47 Å². The number of fused-ring (bicyclic) bond motifs is 1. The Bertz CT molecular complexity index is 626. The number of rotatable bonds is 5. The fourth-order valence-electron chi connectivity index (χ4n) is 2.82. The Kier molecular flexibility index (Phi) is 4.64. The van der Waals surface area contributed by atoms with Gasteiger partial charge in [-0.05, 0) is 31.2 Å². The summed E-state index contributed by atoms with van der Waals surface area (Å²) < 4.78 is 11.9. The zero-order valence-corrected chi connectivity index (χ0v) is 13.3. The van der Waals surface area contributed by atoms with Gasteiger partial charge in [-0.25, -0.2) is 0 Å². The molecule has 0 N–H and O–H groups in total. The lowest BCUT2D eigenvalue weighted by molar-refractivity contribution is 0.0580. The van der Waals surface area contributed by atoms with Crippen molar-refractivity contribution in [3.05, 3.63) is 59.7 Å². The third-order valence-corrected chi connectivity index (χ3v) is 3.97. The van der Waals surface area contributed by atoms with Crippen LogP contribution in [0.3, 0.4) is 0 Å². The summed E-state index contributed by atoms with van der Waals surface area (Å²) in [6.45, 7) is 7.75. The number of aryl methyl sites for hydroxylation is 1. The molecule has 3 heteroatoms. The van der Waals surface area contributed by atoms with Gasteiger partial charge in [0.1, 0.15) is 12.7 Å². The summed E-state index contributed by atoms with van der Waals surface area (Å²) in [7, 11) is 0. The third-order valence-electron chi connectivity index (χ3n) is 3.97. The highest BCUT2D eigenvalue weighted by Gasteiger charge is 2.22.